The molecule has 0 spiro atoms. The van der Waals surface area contributed by atoms with Gasteiger partial charge in [-0.3, -0.25) is 4.57 Å². The van der Waals surface area contributed by atoms with Gasteiger partial charge in [-0.1, -0.05) is 27.7 Å². The number of hydrogen-bond acceptors (Lipinski definition) is 4. The fourth-order valence-electron chi connectivity index (χ4n) is 0.677. The highest BCUT2D eigenvalue weighted by Crippen LogP contribution is 2.13. The van der Waals surface area contributed by atoms with E-state index in [1.807, 2.05) is 0 Å². The molecular formula is C6H10BrN3O2S. The number of thioether (sulfide) groups is 1. The first-order valence-corrected chi connectivity index (χ1v) is 5.74. The molecule has 0 amide bonds. The lowest BCUT2D eigenvalue weighted by molar-refractivity contribution is 0.226. The van der Waals surface area contributed by atoms with Crippen LogP contribution < -0.4 is 5.69 Å². The maximum absolute atomic E-state index is 10.9. The van der Waals surface area contributed by atoms with Crippen molar-refractivity contribution in [1.29, 1.82) is 0 Å². The van der Waals surface area contributed by atoms with Gasteiger partial charge < -0.3 is 5.11 Å². The Labute approximate surface area is 87.7 Å². The smallest absolute Gasteiger partial charge is 0.343 e. The summed E-state index contributed by atoms with van der Waals surface area (Å²) in [5, 5.41) is 16.4. The van der Waals surface area contributed by atoms with Crippen molar-refractivity contribution in [1.82, 2.24) is 14.8 Å². The number of aliphatic hydroxyl groups is 1. The summed E-state index contributed by atoms with van der Waals surface area (Å²) in [6, 6.07) is 0. The molecule has 0 saturated heterocycles. The summed E-state index contributed by atoms with van der Waals surface area (Å²) in [6.45, 7) is 0. The molecule has 1 aromatic heterocycles. The number of aromatic amines is 1. The van der Waals surface area contributed by atoms with E-state index in [1.54, 1.807) is 7.05 Å². The monoisotopic (exact) mass is 267 g/mol. The highest BCUT2D eigenvalue weighted by atomic mass is 79.9. The third kappa shape index (κ3) is 2.85. The van der Waals surface area contributed by atoms with Crippen molar-refractivity contribution in [3.8, 4) is 0 Å². The summed E-state index contributed by atoms with van der Waals surface area (Å²) in [6.07, 6.45) is -0.420. The van der Waals surface area contributed by atoms with Gasteiger partial charge in [0.2, 0.25) is 0 Å². The van der Waals surface area contributed by atoms with Crippen LogP contribution in [0.1, 0.15) is 0 Å². The highest BCUT2D eigenvalue weighted by Gasteiger charge is 2.07. The van der Waals surface area contributed by atoms with Crippen LogP contribution in [-0.4, -0.2) is 37.1 Å². The number of nitrogens with zero attached hydrogens (tertiary/aromatic N) is 2. The first-order valence-electron chi connectivity index (χ1n) is 3.63. The van der Waals surface area contributed by atoms with Crippen molar-refractivity contribution in [3.63, 3.8) is 0 Å². The molecule has 1 heterocycles. The van der Waals surface area contributed by atoms with Gasteiger partial charge in [-0.25, -0.2) is 9.89 Å². The van der Waals surface area contributed by atoms with E-state index in [1.165, 1.54) is 16.3 Å². The van der Waals surface area contributed by atoms with Gasteiger partial charge in [0.1, 0.15) is 0 Å². The van der Waals surface area contributed by atoms with Crippen molar-refractivity contribution in [2.45, 2.75) is 11.3 Å². The van der Waals surface area contributed by atoms with Gasteiger partial charge in [0.05, 0.1) is 6.10 Å². The molecule has 0 fully saturated rings. The maximum Gasteiger partial charge on any atom is 0.343 e. The SMILES string of the molecule is Cn1c(SCC(O)CBr)n[nH]c1=O. The summed E-state index contributed by atoms with van der Waals surface area (Å²) in [5.74, 6) is 0.517. The zero-order chi connectivity index (χ0) is 9.84. The average Bonchev–Trinajstić information content (AvgIpc) is 2.44. The molecule has 0 radical (unpaired) electrons. The third-order valence-corrected chi connectivity index (χ3v) is 3.34. The Morgan fingerprint density at radius 3 is 3.00 bits per heavy atom. The quantitative estimate of drug-likeness (QED) is 0.593. The van der Waals surface area contributed by atoms with Crippen LogP contribution in [0.15, 0.2) is 9.95 Å². The molecule has 0 aromatic carbocycles. The standard InChI is InChI=1S/C6H10BrN3O2S/c1-10-5(12)8-9-6(10)13-3-4(11)2-7/h4,11H,2-3H2,1H3,(H,8,12). The predicted molar refractivity (Wildman–Crippen MR) is 54.4 cm³/mol. The summed E-state index contributed by atoms with van der Waals surface area (Å²) >= 11 is 4.49. The zero-order valence-corrected chi connectivity index (χ0v) is 9.43. The molecule has 1 unspecified atom stereocenters. The van der Waals surface area contributed by atoms with Crippen molar-refractivity contribution in [2.24, 2.45) is 7.05 Å². The van der Waals surface area contributed by atoms with Gasteiger partial charge in [-0.15, -0.1) is 5.10 Å². The van der Waals surface area contributed by atoms with Gasteiger partial charge in [-0.2, -0.15) is 0 Å². The van der Waals surface area contributed by atoms with Crippen molar-refractivity contribution in [3.05, 3.63) is 10.5 Å². The molecule has 13 heavy (non-hydrogen) atoms. The zero-order valence-electron chi connectivity index (χ0n) is 7.03. The molecule has 7 heteroatoms. The number of nitrogens with one attached hydrogen (secondary N) is 1. The molecule has 2 N–H and O–H groups in total. The summed E-state index contributed by atoms with van der Waals surface area (Å²) in [4.78, 5) is 10.9. The van der Waals surface area contributed by atoms with Crippen LogP contribution >= 0.6 is 27.7 Å². The Morgan fingerprint density at radius 1 is 1.85 bits per heavy atom. The minimum absolute atomic E-state index is 0.240. The molecule has 0 aliphatic heterocycles. The molecule has 0 aliphatic rings. The number of aliphatic hydroxyl groups excluding tert-OH is 1. The first-order chi connectivity index (χ1) is 6.15. The van der Waals surface area contributed by atoms with Crippen molar-refractivity contribution < 1.29 is 5.11 Å². The Hall–Kier alpha value is -0.270. The third-order valence-electron chi connectivity index (χ3n) is 1.42. The lowest BCUT2D eigenvalue weighted by atomic mass is 10.5. The number of alkyl halides is 1. The maximum atomic E-state index is 10.9. The normalized spacial score (nSPS) is 13.2. The van der Waals surface area contributed by atoms with Crippen molar-refractivity contribution in [2.75, 3.05) is 11.1 Å². The van der Waals surface area contributed by atoms with Crippen LogP contribution in [0.3, 0.4) is 0 Å². The van der Waals surface area contributed by atoms with Crippen LogP contribution in [0.4, 0.5) is 0 Å². The lowest BCUT2D eigenvalue weighted by Gasteiger charge is -2.04. The summed E-state index contributed by atoms with van der Waals surface area (Å²) in [5.41, 5.74) is -0.240. The van der Waals surface area contributed by atoms with Gasteiger partial charge in [0.15, 0.2) is 5.16 Å². The van der Waals surface area contributed by atoms with Crippen LogP contribution in [0.5, 0.6) is 0 Å². The molecule has 0 bridgehead atoms. The van der Waals surface area contributed by atoms with Gasteiger partial charge in [0, 0.05) is 18.1 Å². The van der Waals surface area contributed by atoms with Gasteiger partial charge in [-0.05, 0) is 0 Å². The van der Waals surface area contributed by atoms with Crippen LogP contribution in [0, 0.1) is 0 Å². The Morgan fingerprint density at radius 2 is 2.54 bits per heavy atom. The number of aromatic nitrogens is 3. The number of H-pyrrole nitrogens is 1. The molecule has 1 atom stereocenters. The van der Waals surface area contributed by atoms with E-state index in [4.69, 9.17) is 0 Å². The van der Waals surface area contributed by atoms with E-state index in [2.05, 4.69) is 26.1 Å². The molecule has 0 aliphatic carbocycles. The minimum atomic E-state index is -0.420. The van der Waals surface area contributed by atoms with Gasteiger partial charge >= 0.3 is 5.69 Å². The van der Waals surface area contributed by atoms with Gasteiger partial charge in [0.25, 0.3) is 0 Å². The number of hydrogen-bond donors (Lipinski definition) is 2. The lowest BCUT2D eigenvalue weighted by Crippen LogP contribution is -2.14. The second-order valence-electron chi connectivity index (χ2n) is 2.49. The summed E-state index contributed by atoms with van der Waals surface area (Å²) < 4.78 is 1.41. The van der Waals surface area contributed by atoms with Crippen molar-refractivity contribution >= 4 is 27.7 Å². The second kappa shape index (κ2) is 4.83. The molecule has 74 valence electrons. The molecule has 5 nitrogen and oxygen atoms in total. The van der Waals surface area contributed by atoms with E-state index in [0.29, 0.717) is 16.2 Å². The Kier molecular flexibility index (Phi) is 4.01. The predicted octanol–water partition coefficient (Wildman–Crippen LogP) is -0.0437. The largest absolute Gasteiger partial charge is 0.391 e. The van der Waals surface area contributed by atoms with E-state index in [0.717, 1.165) is 0 Å². The van der Waals surface area contributed by atoms with E-state index >= 15 is 0 Å². The first kappa shape index (κ1) is 10.8. The second-order valence-corrected chi connectivity index (χ2v) is 4.12. The van der Waals surface area contributed by atoms with E-state index in [-0.39, 0.29) is 5.69 Å². The van der Waals surface area contributed by atoms with Crippen LogP contribution in [-0.2, 0) is 7.05 Å². The molecule has 1 aromatic rings. The molecule has 0 saturated carbocycles. The highest BCUT2D eigenvalue weighted by molar-refractivity contribution is 9.09. The number of rotatable bonds is 4. The molecular weight excluding hydrogens is 258 g/mol. The van der Waals surface area contributed by atoms with E-state index < -0.39 is 6.10 Å². The van der Waals surface area contributed by atoms with E-state index in [9.17, 15) is 9.90 Å². The fraction of sp³-hybridized carbons (Fsp3) is 0.667. The fourth-order valence-corrected chi connectivity index (χ4v) is 2.05. The average molecular weight is 268 g/mol. The van der Waals surface area contributed by atoms with Crippen LogP contribution in [0.25, 0.3) is 0 Å². The Bertz CT molecular complexity index is 324. The summed E-state index contributed by atoms with van der Waals surface area (Å²) in [7, 11) is 1.63. The van der Waals surface area contributed by atoms with Crippen LogP contribution in [0.2, 0.25) is 0 Å². The minimum Gasteiger partial charge on any atom is -0.391 e. The number of halogens is 1. The Balaban J connectivity index is 2.55. The molecule has 1 rings (SSSR count). The topological polar surface area (TPSA) is 70.9 Å².